The molecule has 1 aromatic heterocycles. The van der Waals surface area contributed by atoms with Gasteiger partial charge in [0.1, 0.15) is 11.3 Å². The Morgan fingerprint density at radius 3 is 2.74 bits per heavy atom. The van der Waals surface area contributed by atoms with Crippen LogP contribution in [0, 0.1) is 0 Å². The molecule has 100 valence electrons. The van der Waals surface area contributed by atoms with E-state index in [4.69, 9.17) is 16.3 Å². The van der Waals surface area contributed by atoms with Crippen LogP contribution in [-0.4, -0.2) is 17.6 Å². The van der Waals surface area contributed by atoms with Crippen LogP contribution in [0.4, 0.5) is 8.78 Å². The van der Waals surface area contributed by atoms with Crippen molar-refractivity contribution in [2.24, 2.45) is 0 Å². The van der Waals surface area contributed by atoms with Gasteiger partial charge in [0.05, 0.1) is 17.1 Å². The molecular weight excluding hydrogens is 276 g/mol. The van der Waals surface area contributed by atoms with Gasteiger partial charge >= 0.3 is 5.97 Å². The average Bonchev–Trinajstić information content (AvgIpc) is 2.38. The third kappa shape index (κ3) is 2.51. The maximum absolute atomic E-state index is 13.0. The highest BCUT2D eigenvalue weighted by atomic mass is 35.5. The smallest absolute Gasteiger partial charge is 0.341 e. The van der Waals surface area contributed by atoms with Crippen molar-refractivity contribution in [3.05, 3.63) is 40.5 Å². The lowest BCUT2D eigenvalue weighted by atomic mass is 10.1. The van der Waals surface area contributed by atoms with Crippen LogP contribution in [-0.2, 0) is 4.74 Å². The second kappa shape index (κ2) is 5.48. The van der Waals surface area contributed by atoms with Crippen LogP contribution in [0.3, 0.4) is 0 Å². The molecule has 0 saturated carbocycles. The largest absolute Gasteiger partial charge is 0.462 e. The fourth-order valence-corrected chi connectivity index (χ4v) is 2.08. The van der Waals surface area contributed by atoms with Gasteiger partial charge < -0.3 is 4.74 Å². The van der Waals surface area contributed by atoms with Crippen molar-refractivity contribution in [1.29, 1.82) is 0 Å². The number of rotatable bonds is 3. The number of hydrogen-bond donors (Lipinski definition) is 0. The zero-order chi connectivity index (χ0) is 14.0. The monoisotopic (exact) mass is 285 g/mol. The number of ether oxygens (including phenoxy) is 1. The van der Waals surface area contributed by atoms with Gasteiger partial charge in [-0.15, -0.1) is 0 Å². The molecule has 0 spiro atoms. The summed E-state index contributed by atoms with van der Waals surface area (Å²) in [6.07, 6.45) is -2.90. The minimum Gasteiger partial charge on any atom is -0.462 e. The van der Waals surface area contributed by atoms with Crippen LogP contribution in [0.1, 0.15) is 29.4 Å². The third-order valence-electron chi connectivity index (χ3n) is 2.54. The molecule has 0 saturated heterocycles. The summed E-state index contributed by atoms with van der Waals surface area (Å²) in [6, 6.07) is 6.52. The predicted molar refractivity (Wildman–Crippen MR) is 67.7 cm³/mol. The van der Waals surface area contributed by atoms with E-state index in [0.717, 1.165) is 0 Å². The van der Waals surface area contributed by atoms with Gasteiger partial charge in [-0.2, -0.15) is 0 Å². The van der Waals surface area contributed by atoms with Gasteiger partial charge in [0.15, 0.2) is 0 Å². The van der Waals surface area contributed by atoms with Crippen molar-refractivity contribution in [1.82, 2.24) is 4.98 Å². The van der Waals surface area contributed by atoms with E-state index in [0.29, 0.717) is 10.9 Å². The number of alkyl halides is 2. The lowest BCUT2D eigenvalue weighted by Crippen LogP contribution is -2.11. The molecule has 0 unspecified atom stereocenters. The normalized spacial score (nSPS) is 11.0. The van der Waals surface area contributed by atoms with E-state index in [9.17, 15) is 13.6 Å². The Morgan fingerprint density at radius 2 is 2.11 bits per heavy atom. The maximum Gasteiger partial charge on any atom is 0.341 e. The number of carbonyl (C=O) groups is 1. The summed E-state index contributed by atoms with van der Waals surface area (Å²) in [6.45, 7) is 1.66. The number of halogens is 3. The zero-order valence-corrected chi connectivity index (χ0v) is 10.7. The molecular formula is C13H10ClF2NO2. The van der Waals surface area contributed by atoms with Crippen molar-refractivity contribution in [3.8, 4) is 0 Å². The van der Waals surface area contributed by atoms with Crippen LogP contribution >= 0.6 is 11.6 Å². The van der Waals surface area contributed by atoms with Crippen LogP contribution in [0.25, 0.3) is 10.9 Å². The summed E-state index contributed by atoms with van der Waals surface area (Å²) in [4.78, 5) is 15.6. The Bertz CT molecular complexity index is 631. The molecule has 1 aromatic carbocycles. The lowest BCUT2D eigenvalue weighted by molar-refractivity contribution is 0.0514. The Labute approximate surface area is 113 Å². The lowest BCUT2D eigenvalue weighted by Gasteiger charge is -2.11. The second-order valence-corrected chi connectivity index (χ2v) is 4.10. The van der Waals surface area contributed by atoms with E-state index in [1.165, 1.54) is 0 Å². The molecule has 0 fully saturated rings. The Balaban J connectivity index is 2.74. The first-order valence-electron chi connectivity index (χ1n) is 5.59. The summed E-state index contributed by atoms with van der Waals surface area (Å²) in [5.74, 6) is -0.888. The molecule has 0 atom stereocenters. The fourth-order valence-electron chi connectivity index (χ4n) is 1.74. The predicted octanol–water partition coefficient (Wildman–Crippen LogP) is 4.00. The number of esters is 1. The SMILES string of the molecule is CCOC(=O)c1c(C(F)F)nc2ccccc2c1Cl. The molecule has 2 aromatic rings. The number of nitrogens with zero attached hydrogens (tertiary/aromatic N) is 1. The first kappa shape index (κ1) is 13.7. The molecule has 19 heavy (non-hydrogen) atoms. The minimum atomic E-state index is -2.90. The van der Waals surface area contributed by atoms with Crippen molar-refractivity contribution in [2.45, 2.75) is 13.3 Å². The molecule has 0 amide bonds. The van der Waals surface area contributed by atoms with E-state index in [1.807, 2.05) is 0 Å². The number of para-hydroxylation sites is 1. The van der Waals surface area contributed by atoms with Gasteiger partial charge in [-0.05, 0) is 13.0 Å². The Kier molecular flexibility index (Phi) is 3.95. The topological polar surface area (TPSA) is 39.2 Å². The molecule has 0 N–H and O–H groups in total. The third-order valence-corrected chi connectivity index (χ3v) is 2.94. The molecule has 0 bridgehead atoms. The molecule has 6 heteroatoms. The molecule has 1 heterocycles. The van der Waals surface area contributed by atoms with Crippen molar-refractivity contribution in [3.63, 3.8) is 0 Å². The first-order valence-corrected chi connectivity index (χ1v) is 5.97. The van der Waals surface area contributed by atoms with Crippen LogP contribution in [0.15, 0.2) is 24.3 Å². The summed E-state index contributed by atoms with van der Waals surface area (Å²) in [5, 5.41) is 0.385. The van der Waals surface area contributed by atoms with E-state index in [1.54, 1.807) is 31.2 Å². The van der Waals surface area contributed by atoms with Crippen molar-refractivity contribution >= 4 is 28.5 Å². The van der Waals surface area contributed by atoms with E-state index < -0.39 is 18.1 Å². The van der Waals surface area contributed by atoms with Crippen LogP contribution < -0.4 is 0 Å². The average molecular weight is 286 g/mol. The number of pyridine rings is 1. The molecule has 0 aliphatic rings. The first-order chi connectivity index (χ1) is 9.06. The summed E-state index contributed by atoms with van der Waals surface area (Å²) in [7, 11) is 0. The maximum atomic E-state index is 13.0. The number of carbonyl (C=O) groups excluding carboxylic acids is 1. The number of aromatic nitrogens is 1. The highest BCUT2D eigenvalue weighted by Gasteiger charge is 2.26. The van der Waals surface area contributed by atoms with Gasteiger partial charge in [-0.1, -0.05) is 29.8 Å². The van der Waals surface area contributed by atoms with Gasteiger partial charge in [-0.3, -0.25) is 0 Å². The second-order valence-electron chi connectivity index (χ2n) is 3.72. The Hall–Kier alpha value is -1.75. The van der Waals surface area contributed by atoms with Crippen LogP contribution in [0.2, 0.25) is 5.02 Å². The van der Waals surface area contributed by atoms with Crippen LogP contribution in [0.5, 0.6) is 0 Å². The zero-order valence-electron chi connectivity index (χ0n) is 9.99. The quantitative estimate of drug-likeness (QED) is 0.800. The Morgan fingerprint density at radius 1 is 1.42 bits per heavy atom. The van der Waals surface area contributed by atoms with Gasteiger partial charge in [-0.25, -0.2) is 18.6 Å². The summed E-state index contributed by atoms with van der Waals surface area (Å²) in [5.41, 5.74) is -0.699. The van der Waals surface area contributed by atoms with Crippen molar-refractivity contribution < 1.29 is 18.3 Å². The van der Waals surface area contributed by atoms with E-state index in [-0.39, 0.29) is 17.2 Å². The molecule has 3 nitrogen and oxygen atoms in total. The van der Waals surface area contributed by atoms with Gasteiger partial charge in [0.25, 0.3) is 6.43 Å². The molecule has 0 aliphatic heterocycles. The van der Waals surface area contributed by atoms with E-state index in [2.05, 4.69) is 4.98 Å². The number of benzene rings is 1. The number of fused-ring (bicyclic) bond motifs is 1. The molecule has 0 aliphatic carbocycles. The summed E-state index contributed by atoms with van der Waals surface area (Å²) < 4.78 is 30.8. The fraction of sp³-hybridized carbons (Fsp3) is 0.231. The van der Waals surface area contributed by atoms with Gasteiger partial charge in [0, 0.05) is 5.39 Å². The van der Waals surface area contributed by atoms with E-state index >= 15 is 0 Å². The highest BCUT2D eigenvalue weighted by molar-refractivity contribution is 6.38. The van der Waals surface area contributed by atoms with Gasteiger partial charge in [0.2, 0.25) is 0 Å². The molecule has 2 rings (SSSR count). The standard InChI is InChI=1S/C13H10ClF2NO2/c1-2-19-13(18)9-10(14)7-5-3-4-6-8(7)17-11(9)12(15)16/h3-6,12H,2H2,1H3. The highest BCUT2D eigenvalue weighted by Crippen LogP contribution is 2.33. The summed E-state index contributed by atoms with van der Waals surface area (Å²) >= 11 is 6.05. The number of hydrogen-bond acceptors (Lipinski definition) is 3. The van der Waals surface area contributed by atoms with Crippen molar-refractivity contribution in [2.75, 3.05) is 6.61 Å². The molecule has 0 radical (unpaired) electrons. The minimum absolute atomic E-state index is 0.0562.